The highest BCUT2D eigenvalue weighted by Crippen LogP contribution is 2.40. The smallest absolute Gasteiger partial charge is 0.416 e. The highest BCUT2D eigenvalue weighted by molar-refractivity contribution is 7.99. The van der Waals surface area contributed by atoms with Crippen LogP contribution in [0.25, 0.3) is 10.9 Å². The minimum atomic E-state index is -4.64. The summed E-state index contributed by atoms with van der Waals surface area (Å²) < 4.78 is 40.4. The van der Waals surface area contributed by atoms with Crippen LogP contribution in [0, 0.1) is 17.8 Å². The molecule has 3 aromatic carbocycles. The molecule has 0 amide bonds. The van der Waals surface area contributed by atoms with Crippen molar-refractivity contribution in [2.45, 2.75) is 36.9 Å². The van der Waals surface area contributed by atoms with Gasteiger partial charge in [-0.2, -0.15) is 13.2 Å². The van der Waals surface area contributed by atoms with Crippen LogP contribution in [0.2, 0.25) is 0 Å². The fraction of sp³-hybridized carbons (Fsp3) is 0.300. The van der Waals surface area contributed by atoms with Crippen LogP contribution >= 0.6 is 11.8 Å². The molecule has 0 spiro atoms. The van der Waals surface area contributed by atoms with Gasteiger partial charge in [0.25, 0.3) is 5.56 Å². The highest BCUT2D eigenvalue weighted by Gasteiger charge is 2.45. The second kappa shape index (κ2) is 11.9. The Hall–Kier alpha value is -3.99. The summed E-state index contributed by atoms with van der Waals surface area (Å²) in [6, 6.07) is 19.9. The van der Waals surface area contributed by atoms with Crippen molar-refractivity contribution in [3.63, 3.8) is 0 Å². The standard InChI is InChI=1S/C30H26F3N3O4S/c31-30(32,33)21-9-13-25-24(16-21)28(38)36(35-34-25)17-20-8-12-23(26(20)29(39)40)27(37)19-6-10-22(11-7-19)41-15-14-18-4-2-1-3-5-18/h1-7,9-11,13,16,20,23,26H,8,12,14-15,17H2,(H,39,40)/t20-,23-,26-/m0/s1. The van der Waals surface area contributed by atoms with Gasteiger partial charge in [-0.3, -0.25) is 14.4 Å². The summed E-state index contributed by atoms with van der Waals surface area (Å²) >= 11 is 1.67. The van der Waals surface area contributed by atoms with E-state index in [1.54, 1.807) is 23.9 Å². The van der Waals surface area contributed by atoms with Crippen LogP contribution in [0.15, 0.2) is 82.5 Å². The first-order valence-corrected chi connectivity index (χ1v) is 14.1. The third kappa shape index (κ3) is 6.35. The monoisotopic (exact) mass is 581 g/mol. The number of hydrogen-bond acceptors (Lipinski definition) is 6. The molecule has 0 aliphatic heterocycles. The van der Waals surface area contributed by atoms with Gasteiger partial charge >= 0.3 is 12.1 Å². The fourth-order valence-electron chi connectivity index (χ4n) is 5.41. The maximum Gasteiger partial charge on any atom is 0.416 e. The number of carbonyl (C=O) groups is 2. The predicted molar refractivity (Wildman–Crippen MR) is 148 cm³/mol. The Morgan fingerprint density at radius 2 is 1.73 bits per heavy atom. The maximum absolute atomic E-state index is 13.4. The largest absolute Gasteiger partial charge is 0.481 e. The van der Waals surface area contributed by atoms with E-state index in [2.05, 4.69) is 22.4 Å². The van der Waals surface area contributed by atoms with Crippen molar-refractivity contribution in [3.8, 4) is 0 Å². The molecule has 5 rings (SSSR count). The molecule has 3 atom stereocenters. The molecule has 11 heteroatoms. The molecule has 7 nitrogen and oxygen atoms in total. The summed E-state index contributed by atoms with van der Waals surface area (Å²) in [5.41, 5.74) is -0.116. The van der Waals surface area contributed by atoms with Gasteiger partial charge in [0, 0.05) is 22.1 Å². The number of hydrogen-bond donors (Lipinski definition) is 1. The van der Waals surface area contributed by atoms with E-state index in [0.717, 1.165) is 40.0 Å². The summed E-state index contributed by atoms with van der Waals surface area (Å²) in [7, 11) is 0. The van der Waals surface area contributed by atoms with Gasteiger partial charge in [0.1, 0.15) is 5.52 Å². The number of carbonyl (C=O) groups excluding carboxylic acids is 1. The van der Waals surface area contributed by atoms with Crippen molar-refractivity contribution >= 4 is 34.4 Å². The Balaban J connectivity index is 1.28. The second-order valence-corrected chi connectivity index (χ2v) is 11.3. The van der Waals surface area contributed by atoms with Crippen LogP contribution in [0.5, 0.6) is 0 Å². The molecule has 1 N–H and O–H groups in total. The van der Waals surface area contributed by atoms with E-state index < -0.39 is 41.0 Å². The first-order valence-electron chi connectivity index (χ1n) is 13.1. The van der Waals surface area contributed by atoms with Crippen LogP contribution in [0.3, 0.4) is 0 Å². The predicted octanol–water partition coefficient (Wildman–Crippen LogP) is 5.76. The number of aromatic nitrogens is 3. The van der Waals surface area contributed by atoms with Crippen molar-refractivity contribution in [1.82, 2.24) is 15.0 Å². The normalized spacial score (nSPS) is 19.0. The molecular formula is C30H26F3N3O4S. The number of halogens is 3. The highest BCUT2D eigenvalue weighted by atomic mass is 32.2. The van der Waals surface area contributed by atoms with E-state index in [4.69, 9.17) is 0 Å². The Morgan fingerprint density at radius 1 is 1.00 bits per heavy atom. The molecule has 0 bridgehead atoms. The molecule has 1 aliphatic rings. The number of nitrogens with zero attached hydrogens (tertiary/aromatic N) is 3. The topological polar surface area (TPSA) is 102 Å². The Bertz CT molecular complexity index is 1620. The molecular weight excluding hydrogens is 555 g/mol. The minimum absolute atomic E-state index is 0.00943. The van der Waals surface area contributed by atoms with Crippen LogP contribution < -0.4 is 5.56 Å². The molecule has 4 aromatic rings. The number of benzene rings is 3. The molecule has 0 unspecified atom stereocenters. The van der Waals surface area contributed by atoms with E-state index >= 15 is 0 Å². The molecule has 0 saturated heterocycles. The zero-order valence-corrected chi connectivity index (χ0v) is 22.6. The van der Waals surface area contributed by atoms with Crippen molar-refractivity contribution in [1.29, 1.82) is 0 Å². The third-order valence-electron chi connectivity index (χ3n) is 7.51. The number of aliphatic carboxylic acids is 1. The van der Waals surface area contributed by atoms with Gasteiger partial charge in [0.15, 0.2) is 5.78 Å². The Morgan fingerprint density at radius 3 is 2.41 bits per heavy atom. The summed E-state index contributed by atoms with van der Waals surface area (Å²) in [4.78, 5) is 39.6. The molecule has 1 aromatic heterocycles. The van der Waals surface area contributed by atoms with Crippen LogP contribution in [-0.2, 0) is 23.9 Å². The molecule has 1 aliphatic carbocycles. The molecule has 0 radical (unpaired) electrons. The zero-order valence-electron chi connectivity index (χ0n) is 21.8. The third-order valence-corrected chi connectivity index (χ3v) is 8.52. The fourth-order valence-corrected chi connectivity index (χ4v) is 6.31. The van der Waals surface area contributed by atoms with Gasteiger partial charge in [0.05, 0.1) is 23.4 Å². The lowest BCUT2D eigenvalue weighted by Crippen LogP contribution is -2.34. The number of aryl methyl sites for hydroxylation is 1. The lowest BCUT2D eigenvalue weighted by molar-refractivity contribution is -0.144. The summed E-state index contributed by atoms with van der Waals surface area (Å²) in [6.07, 6.45) is -3.08. The van der Waals surface area contributed by atoms with Gasteiger partial charge in [-0.05, 0) is 61.1 Å². The van der Waals surface area contributed by atoms with Crippen molar-refractivity contribution in [2.24, 2.45) is 17.8 Å². The lowest BCUT2D eigenvalue weighted by Gasteiger charge is -2.20. The Labute approximate surface area is 237 Å². The van der Waals surface area contributed by atoms with E-state index in [-0.39, 0.29) is 23.2 Å². The average molecular weight is 582 g/mol. The first-order chi connectivity index (χ1) is 19.6. The maximum atomic E-state index is 13.4. The average Bonchev–Trinajstić information content (AvgIpc) is 3.38. The van der Waals surface area contributed by atoms with Crippen molar-refractivity contribution < 1.29 is 27.9 Å². The Kier molecular flexibility index (Phi) is 8.25. The van der Waals surface area contributed by atoms with Crippen molar-refractivity contribution in [3.05, 3.63) is 99.8 Å². The van der Waals surface area contributed by atoms with E-state index in [1.165, 1.54) is 5.56 Å². The van der Waals surface area contributed by atoms with Crippen LogP contribution in [0.1, 0.15) is 34.3 Å². The van der Waals surface area contributed by atoms with E-state index in [1.807, 2.05) is 30.3 Å². The SMILES string of the molecule is O=C(O)[C@H]1[C@H](Cn2nnc3ccc(C(F)(F)F)cc3c2=O)CC[C@@H]1C(=O)c1ccc(SCCc2ccccc2)cc1. The first kappa shape index (κ1) is 28.5. The minimum Gasteiger partial charge on any atom is -0.481 e. The number of carboxylic acid groups (broad SMARTS) is 1. The number of Topliss-reactive ketones (excluding diaryl/α,β-unsaturated/α-hetero) is 1. The number of fused-ring (bicyclic) bond motifs is 1. The number of rotatable bonds is 9. The number of thioether (sulfide) groups is 1. The summed E-state index contributed by atoms with van der Waals surface area (Å²) in [5, 5.41) is 17.5. The summed E-state index contributed by atoms with van der Waals surface area (Å²) in [5.74, 6) is -3.07. The molecule has 1 fully saturated rings. The van der Waals surface area contributed by atoms with Gasteiger partial charge in [-0.1, -0.05) is 47.7 Å². The van der Waals surface area contributed by atoms with Crippen molar-refractivity contribution in [2.75, 3.05) is 5.75 Å². The zero-order chi connectivity index (χ0) is 29.1. The van der Waals surface area contributed by atoms with Gasteiger partial charge in [0.2, 0.25) is 0 Å². The summed E-state index contributed by atoms with van der Waals surface area (Å²) in [6.45, 7) is -0.171. The number of carboxylic acids is 1. The molecule has 1 saturated carbocycles. The molecule has 212 valence electrons. The van der Waals surface area contributed by atoms with Gasteiger partial charge in [-0.25, -0.2) is 4.68 Å². The number of ketones is 1. The van der Waals surface area contributed by atoms with E-state index in [0.29, 0.717) is 18.4 Å². The second-order valence-electron chi connectivity index (χ2n) is 10.1. The quantitative estimate of drug-likeness (QED) is 0.198. The van der Waals surface area contributed by atoms with Crippen LogP contribution in [-0.4, -0.2) is 37.6 Å². The lowest BCUT2D eigenvalue weighted by atomic mass is 9.84. The van der Waals surface area contributed by atoms with E-state index in [9.17, 15) is 32.7 Å². The van der Waals surface area contributed by atoms with Crippen LogP contribution in [0.4, 0.5) is 13.2 Å². The number of alkyl halides is 3. The van der Waals surface area contributed by atoms with Gasteiger partial charge in [-0.15, -0.1) is 16.9 Å². The molecule has 1 heterocycles. The van der Waals surface area contributed by atoms with Gasteiger partial charge < -0.3 is 5.11 Å². The molecule has 41 heavy (non-hydrogen) atoms.